The molecule has 1 fully saturated rings. The van der Waals surface area contributed by atoms with Crippen LogP contribution < -0.4 is 15.4 Å². The molecule has 0 aliphatic carbocycles. The molecule has 30 heavy (non-hydrogen) atoms. The van der Waals surface area contributed by atoms with Crippen LogP contribution in [0.25, 0.3) is 0 Å². The van der Waals surface area contributed by atoms with E-state index in [1.807, 2.05) is 0 Å². The number of amides is 2. The first-order valence-electron chi connectivity index (χ1n) is 10.1. The number of benzene rings is 1. The van der Waals surface area contributed by atoms with Gasteiger partial charge in [0.1, 0.15) is 0 Å². The zero-order valence-corrected chi connectivity index (χ0v) is 18.8. The van der Waals surface area contributed by atoms with Crippen LogP contribution >= 0.6 is 0 Å². The molecule has 1 aromatic rings. The predicted octanol–water partition coefficient (Wildman–Crippen LogP) is 0.785. The van der Waals surface area contributed by atoms with E-state index in [4.69, 9.17) is 4.74 Å². The van der Waals surface area contributed by atoms with Gasteiger partial charge in [0.15, 0.2) is 0 Å². The van der Waals surface area contributed by atoms with Crippen LogP contribution in [-0.2, 0) is 24.3 Å². The SMILES string of the molecule is CC(=O)Nc1ccc(S(=O)(=O)N[C@@H](C)C(=O)NCC(C(C)C)N2CCOCC2)cc1. The Morgan fingerprint density at radius 2 is 1.70 bits per heavy atom. The molecule has 2 amide bonds. The number of anilines is 1. The van der Waals surface area contributed by atoms with Gasteiger partial charge < -0.3 is 15.4 Å². The first-order valence-corrected chi connectivity index (χ1v) is 11.6. The van der Waals surface area contributed by atoms with Crippen LogP contribution in [0.4, 0.5) is 5.69 Å². The third-order valence-electron chi connectivity index (χ3n) is 4.98. The molecule has 1 aliphatic heterocycles. The molecule has 1 saturated heterocycles. The highest BCUT2D eigenvalue weighted by molar-refractivity contribution is 7.89. The Balaban J connectivity index is 1.93. The molecule has 0 bridgehead atoms. The number of carbonyl (C=O) groups is 2. The highest BCUT2D eigenvalue weighted by Crippen LogP contribution is 2.15. The maximum Gasteiger partial charge on any atom is 0.241 e. The number of hydrogen-bond acceptors (Lipinski definition) is 6. The molecule has 0 spiro atoms. The third kappa shape index (κ3) is 7.05. The predicted molar refractivity (Wildman–Crippen MR) is 115 cm³/mol. The summed E-state index contributed by atoms with van der Waals surface area (Å²) in [5.74, 6) is -0.296. The monoisotopic (exact) mass is 440 g/mol. The van der Waals surface area contributed by atoms with Gasteiger partial charge in [0, 0.05) is 38.3 Å². The van der Waals surface area contributed by atoms with Gasteiger partial charge in [-0.3, -0.25) is 14.5 Å². The van der Waals surface area contributed by atoms with Gasteiger partial charge >= 0.3 is 0 Å². The maximum atomic E-state index is 12.6. The van der Waals surface area contributed by atoms with Gasteiger partial charge in [-0.2, -0.15) is 4.72 Å². The molecule has 1 unspecified atom stereocenters. The Morgan fingerprint density at radius 1 is 1.10 bits per heavy atom. The first kappa shape index (κ1) is 24.3. The number of sulfonamides is 1. The molecule has 2 atom stereocenters. The molecule has 3 N–H and O–H groups in total. The van der Waals surface area contributed by atoms with Crippen molar-refractivity contribution in [1.82, 2.24) is 14.9 Å². The summed E-state index contributed by atoms with van der Waals surface area (Å²) in [5.41, 5.74) is 0.495. The second kappa shape index (κ2) is 10.9. The lowest BCUT2D eigenvalue weighted by molar-refractivity contribution is -0.122. The molecule has 1 aliphatic rings. The quantitative estimate of drug-likeness (QED) is 0.523. The standard InChI is InChI=1S/C20H32N4O5S/c1-14(2)19(24-9-11-29-12-10-24)13-21-20(26)15(3)23-30(27,28)18-7-5-17(6-8-18)22-16(4)25/h5-8,14-15,19,23H,9-13H2,1-4H3,(H,21,26)(H,22,25)/t15-,19?/m0/s1. The van der Waals surface area contributed by atoms with Gasteiger partial charge in [-0.25, -0.2) is 8.42 Å². The van der Waals surface area contributed by atoms with E-state index in [0.29, 0.717) is 31.4 Å². The summed E-state index contributed by atoms with van der Waals surface area (Å²) in [6.07, 6.45) is 0. The van der Waals surface area contributed by atoms with Crippen molar-refractivity contribution in [3.63, 3.8) is 0 Å². The van der Waals surface area contributed by atoms with Crippen molar-refractivity contribution < 1.29 is 22.7 Å². The summed E-state index contributed by atoms with van der Waals surface area (Å²) in [4.78, 5) is 25.9. The highest BCUT2D eigenvalue weighted by atomic mass is 32.2. The Bertz CT molecular complexity index is 820. The molecule has 1 heterocycles. The van der Waals surface area contributed by atoms with Gasteiger partial charge in [-0.15, -0.1) is 0 Å². The van der Waals surface area contributed by atoms with Gasteiger partial charge in [-0.1, -0.05) is 13.8 Å². The Labute approximate surface area is 178 Å². The fourth-order valence-corrected chi connectivity index (χ4v) is 4.53. The van der Waals surface area contributed by atoms with Gasteiger partial charge in [0.05, 0.1) is 24.2 Å². The van der Waals surface area contributed by atoms with Crippen molar-refractivity contribution in [2.75, 3.05) is 38.2 Å². The number of ether oxygens (including phenoxy) is 1. The minimum absolute atomic E-state index is 0.0182. The van der Waals surface area contributed by atoms with E-state index < -0.39 is 16.1 Å². The van der Waals surface area contributed by atoms with Crippen molar-refractivity contribution in [2.24, 2.45) is 5.92 Å². The lowest BCUT2D eigenvalue weighted by Gasteiger charge is -2.37. The average Bonchev–Trinajstić information content (AvgIpc) is 2.68. The zero-order valence-electron chi connectivity index (χ0n) is 18.0. The van der Waals surface area contributed by atoms with Crippen LogP contribution in [-0.4, -0.2) is 70.1 Å². The number of nitrogens with one attached hydrogen (secondary N) is 3. The summed E-state index contributed by atoms with van der Waals surface area (Å²) >= 11 is 0. The van der Waals surface area contributed by atoms with E-state index in [-0.39, 0.29) is 22.8 Å². The fourth-order valence-electron chi connectivity index (χ4n) is 3.33. The number of nitrogens with zero attached hydrogens (tertiary/aromatic N) is 1. The van der Waals surface area contributed by atoms with Gasteiger partial charge in [0.25, 0.3) is 0 Å². The third-order valence-corrected chi connectivity index (χ3v) is 6.54. The van der Waals surface area contributed by atoms with Crippen LogP contribution in [0.15, 0.2) is 29.2 Å². The van der Waals surface area contributed by atoms with Gasteiger partial charge in [-0.05, 0) is 37.1 Å². The van der Waals surface area contributed by atoms with E-state index in [1.54, 1.807) is 0 Å². The summed E-state index contributed by atoms with van der Waals surface area (Å²) in [6, 6.07) is 4.98. The topological polar surface area (TPSA) is 117 Å². The molecule has 0 radical (unpaired) electrons. The van der Waals surface area contributed by atoms with Crippen LogP contribution in [0.3, 0.4) is 0 Å². The molecule has 0 saturated carbocycles. The van der Waals surface area contributed by atoms with Crippen molar-refractivity contribution in [2.45, 2.75) is 44.7 Å². The van der Waals surface area contributed by atoms with Crippen molar-refractivity contribution in [3.8, 4) is 0 Å². The first-order chi connectivity index (χ1) is 14.1. The highest BCUT2D eigenvalue weighted by Gasteiger charge is 2.26. The minimum atomic E-state index is -3.88. The van der Waals surface area contributed by atoms with E-state index >= 15 is 0 Å². The molecule has 9 nitrogen and oxygen atoms in total. The second-order valence-electron chi connectivity index (χ2n) is 7.75. The molecule has 10 heteroatoms. The lowest BCUT2D eigenvalue weighted by Crippen LogP contribution is -2.53. The number of rotatable bonds is 9. The van der Waals surface area contributed by atoms with Crippen molar-refractivity contribution >= 4 is 27.5 Å². The Morgan fingerprint density at radius 3 is 2.23 bits per heavy atom. The maximum absolute atomic E-state index is 12.6. The van der Waals surface area contributed by atoms with Crippen LogP contribution in [0.2, 0.25) is 0 Å². The van der Waals surface area contributed by atoms with Crippen LogP contribution in [0.1, 0.15) is 27.7 Å². The molecule has 168 valence electrons. The molecule has 2 rings (SSSR count). The van der Waals surface area contributed by atoms with E-state index in [9.17, 15) is 18.0 Å². The molecule has 1 aromatic carbocycles. The molecular formula is C20H32N4O5S. The van der Waals surface area contributed by atoms with E-state index in [1.165, 1.54) is 38.1 Å². The van der Waals surface area contributed by atoms with E-state index in [0.717, 1.165) is 13.1 Å². The normalized spacial score (nSPS) is 17.4. The Hall–Kier alpha value is -2.01. The summed E-state index contributed by atoms with van der Waals surface area (Å²) < 4.78 is 32.9. The van der Waals surface area contributed by atoms with Crippen molar-refractivity contribution in [3.05, 3.63) is 24.3 Å². The number of hydrogen-bond donors (Lipinski definition) is 3. The summed E-state index contributed by atoms with van der Waals surface area (Å²) in [7, 11) is -3.88. The fraction of sp³-hybridized carbons (Fsp3) is 0.600. The summed E-state index contributed by atoms with van der Waals surface area (Å²) in [5, 5.41) is 5.45. The summed E-state index contributed by atoms with van der Waals surface area (Å²) in [6.45, 7) is 10.5. The lowest BCUT2D eigenvalue weighted by atomic mass is 10.0. The van der Waals surface area contributed by atoms with Crippen LogP contribution in [0.5, 0.6) is 0 Å². The molecule has 0 aromatic heterocycles. The average molecular weight is 441 g/mol. The second-order valence-corrected chi connectivity index (χ2v) is 9.47. The van der Waals surface area contributed by atoms with Gasteiger partial charge in [0.2, 0.25) is 21.8 Å². The Kier molecular flexibility index (Phi) is 8.78. The largest absolute Gasteiger partial charge is 0.379 e. The number of morpholine rings is 1. The van der Waals surface area contributed by atoms with Crippen LogP contribution in [0, 0.1) is 5.92 Å². The smallest absolute Gasteiger partial charge is 0.241 e. The van der Waals surface area contributed by atoms with E-state index in [2.05, 4.69) is 34.1 Å². The number of carbonyl (C=O) groups excluding carboxylic acids is 2. The van der Waals surface area contributed by atoms with Crippen molar-refractivity contribution in [1.29, 1.82) is 0 Å². The molecular weight excluding hydrogens is 408 g/mol. The zero-order chi connectivity index (χ0) is 22.3. The minimum Gasteiger partial charge on any atom is -0.379 e.